The second-order valence-electron chi connectivity index (χ2n) is 6.63. The first kappa shape index (κ1) is 20.6. The molecule has 148 valence electrons. The molecule has 1 N–H and O–H groups in total. The van der Waals surface area contributed by atoms with Crippen LogP contribution in [0.5, 0.6) is 0 Å². The number of nitrogens with one attached hydrogen (secondary N) is 1. The van der Waals surface area contributed by atoms with Crippen LogP contribution in [0.3, 0.4) is 0 Å². The molecule has 1 aromatic heterocycles. The van der Waals surface area contributed by atoms with Crippen molar-refractivity contribution in [2.45, 2.75) is 19.4 Å². The Morgan fingerprint density at radius 1 is 1.07 bits per heavy atom. The molecule has 0 unspecified atom stereocenters. The summed E-state index contributed by atoms with van der Waals surface area (Å²) < 4.78 is 1.67. The quantitative estimate of drug-likeness (QED) is 0.464. The van der Waals surface area contributed by atoms with E-state index >= 15 is 0 Å². The monoisotopic (exact) mass is 395 g/mol. The van der Waals surface area contributed by atoms with Crippen molar-refractivity contribution in [2.24, 2.45) is 0 Å². The lowest BCUT2D eigenvalue weighted by Gasteiger charge is -2.05. The fourth-order valence-corrected chi connectivity index (χ4v) is 3.01. The highest BCUT2D eigenvalue weighted by Crippen LogP contribution is 2.24. The van der Waals surface area contributed by atoms with Gasteiger partial charge < -0.3 is 5.32 Å². The molecule has 0 aliphatic rings. The maximum Gasteiger partial charge on any atom is 0.261 e. The molecule has 0 aliphatic carbocycles. The van der Waals surface area contributed by atoms with Gasteiger partial charge in [0, 0.05) is 23.9 Å². The highest BCUT2D eigenvalue weighted by molar-refractivity contribution is 6.02. The van der Waals surface area contributed by atoms with Crippen LogP contribution in [0.4, 0.5) is 0 Å². The molecule has 1 heterocycles. The molecular formula is C24H21N5O. The van der Waals surface area contributed by atoms with Gasteiger partial charge in [-0.1, -0.05) is 60.7 Å². The Kier molecular flexibility index (Phi) is 7.13. The third-order valence-corrected chi connectivity index (χ3v) is 4.50. The van der Waals surface area contributed by atoms with Gasteiger partial charge in [-0.25, -0.2) is 0 Å². The fourth-order valence-electron chi connectivity index (χ4n) is 3.01. The number of nitrogens with zero attached hydrogens (tertiary/aromatic N) is 4. The zero-order valence-electron chi connectivity index (χ0n) is 16.5. The smallest absolute Gasteiger partial charge is 0.261 e. The predicted octanol–water partition coefficient (Wildman–Crippen LogP) is 3.73. The molecule has 0 radical (unpaired) electrons. The van der Waals surface area contributed by atoms with E-state index in [4.69, 9.17) is 5.26 Å². The van der Waals surface area contributed by atoms with Crippen LogP contribution in [-0.2, 0) is 17.8 Å². The van der Waals surface area contributed by atoms with Gasteiger partial charge in [0.15, 0.2) is 0 Å². The van der Waals surface area contributed by atoms with Gasteiger partial charge in [0.25, 0.3) is 5.91 Å². The first-order valence-corrected chi connectivity index (χ1v) is 9.65. The number of amides is 1. The van der Waals surface area contributed by atoms with Gasteiger partial charge in [-0.3, -0.25) is 9.48 Å². The molecule has 0 saturated heterocycles. The van der Waals surface area contributed by atoms with Gasteiger partial charge >= 0.3 is 0 Å². The van der Waals surface area contributed by atoms with E-state index in [1.54, 1.807) is 17.0 Å². The van der Waals surface area contributed by atoms with Crippen LogP contribution in [0.25, 0.3) is 17.3 Å². The average Bonchev–Trinajstić information content (AvgIpc) is 3.20. The third kappa shape index (κ3) is 5.43. The highest BCUT2D eigenvalue weighted by Gasteiger charge is 2.14. The molecular weight excluding hydrogens is 374 g/mol. The van der Waals surface area contributed by atoms with E-state index in [0.717, 1.165) is 11.1 Å². The van der Waals surface area contributed by atoms with E-state index in [-0.39, 0.29) is 5.57 Å². The van der Waals surface area contributed by atoms with Crippen LogP contribution in [0, 0.1) is 22.7 Å². The summed E-state index contributed by atoms with van der Waals surface area (Å²) in [5.74, 6) is -0.419. The second kappa shape index (κ2) is 10.4. The molecule has 3 rings (SSSR count). The van der Waals surface area contributed by atoms with Gasteiger partial charge in [0.05, 0.1) is 24.7 Å². The summed E-state index contributed by atoms with van der Waals surface area (Å²) in [4.78, 5) is 12.5. The van der Waals surface area contributed by atoms with Gasteiger partial charge in [0.1, 0.15) is 11.6 Å². The molecule has 3 aromatic rings. The van der Waals surface area contributed by atoms with Crippen molar-refractivity contribution in [1.82, 2.24) is 15.1 Å². The maximum absolute atomic E-state index is 12.5. The Morgan fingerprint density at radius 3 is 2.43 bits per heavy atom. The summed E-state index contributed by atoms with van der Waals surface area (Å²) in [5.41, 5.74) is 3.33. The molecule has 6 heteroatoms. The Labute approximate surface area is 175 Å². The van der Waals surface area contributed by atoms with Crippen molar-refractivity contribution in [3.63, 3.8) is 0 Å². The number of benzene rings is 2. The number of rotatable bonds is 8. The van der Waals surface area contributed by atoms with Crippen LogP contribution < -0.4 is 5.32 Å². The summed E-state index contributed by atoms with van der Waals surface area (Å²) in [5, 5.41) is 25.7. The zero-order valence-corrected chi connectivity index (χ0v) is 16.5. The lowest BCUT2D eigenvalue weighted by Crippen LogP contribution is -2.26. The van der Waals surface area contributed by atoms with E-state index in [2.05, 4.69) is 16.5 Å². The van der Waals surface area contributed by atoms with Gasteiger partial charge in [0.2, 0.25) is 0 Å². The molecule has 6 nitrogen and oxygen atoms in total. The number of carbonyl (C=O) groups excluding carboxylic acids is 1. The molecule has 30 heavy (non-hydrogen) atoms. The molecule has 0 fully saturated rings. The van der Waals surface area contributed by atoms with Crippen molar-refractivity contribution in [1.29, 1.82) is 10.5 Å². The van der Waals surface area contributed by atoms with Gasteiger partial charge in [-0.15, -0.1) is 0 Å². The Balaban J connectivity index is 1.80. The van der Waals surface area contributed by atoms with E-state index in [1.165, 1.54) is 0 Å². The molecule has 0 aliphatic heterocycles. The Morgan fingerprint density at radius 2 is 1.77 bits per heavy atom. The Hall–Kier alpha value is -4.16. The van der Waals surface area contributed by atoms with Crippen molar-refractivity contribution in [3.05, 3.63) is 83.6 Å². The first-order chi connectivity index (χ1) is 14.7. The standard InChI is InChI=1S/C24H21N5O/c25-13-7-15-29-18-22(23(28-29)20-10-5-2-6-11-20)16-21(17-26)24(30)27-14-12-19-8-3-1-4-9-19/h1-6,8-11,16,18H,7,12,14-15H2,(H,27,30)/b21-16+. The molecule has 2 aromatic carbocycles. The van der Waals surface area contributed by atoms with Crippen molar-refractivity contribution < 1.29 is 4.79 Å². The van der Waals surface area contributed by atoms with E-state index in [0.29, 0.717) is 37.2 Å². The number of hydrogen-bond donors (Lipinski definition) is 1. The number of nitriles is 2. The second-order valence-corrected chi connectivity index (χ2v) is 6.63. The van der Waals surface area contributed by atoms with E-state index in [9.17, 15) is 10.1 Å². The molecule has 0 saturated carbocycles. The average molecular weight is 395 g/mol. The fraction of sp³-hybridized carbons (Fsp3) is 0.167. The van der Waals surface area contributed by atoms with Crippen molar-refractivity contribution in [2.75, 3.05) is 6.54 Å². The summed E-state index contributed by atoms with van der Waals surface area (Å²) in [6.45, 7) is 0.879. The van der Waals surface area contributed by atoms with Crippen LogP contribution in [0.15, 0.2) is 72.4 Å². The molecule has 1 amide bonds. The van der Waals surface area contributed by atoms with Crippen LogP contribution in [0.1, 0.15) is 17.5 Å². The summed E-state index contributed by atoms with van der Waals surface area (Å²) in [6, 6.07) is 23.5. The summed E-state index contributed by atoms with van der Waals surface area (Å²) in [6.07, 6.45) is 4.32. The van der Waals surface area contributed by atoms with Crippen LogP contribution in [0.2, 0.25) is 0 Å². The van der Waals surface area contributed by atoms with Crippen LogP contribution in [-0.4, -0.2) is 22.2 Å². The third-order valence-electron chi connectivity index (χ3n) is 4.50. The minimum atomic E-state index is -0.419. The number of carbonyl (C=O) groups is 1. The summed E-state index contributed by atoms with van der Waals surface area (Å²) >= 11 is 0. The predicted molar refractivity (Wildman–Crippen MR) is 115 cm³/mol. The number of aryl methyl sites for hydroxylation is 1. The van der Waals surface area contributed by atoms with E-state index < -0.39 is 5.91 Å². The molecule has 0 spiro atoms. The van der Waals surface area contributed by atoms with Gasteiger partial charge in [-0.05, 0) is 18.1 Å². The summed E-state index contributed by atoms with van der Waals surface area (Å²) in [7, 11) is 0. The molecule has 0 bridgehead atoms. The van der Waals surface area contributed by atoms with E-state index in [1.807, 2.05) is 66.7 Å². The minimum Gasteiger partial charge on any atom is -0.351 e. The van der Waals surface area contributed by atoms with Crippen molar-refractivity contribution >= 4 is 12.0 Å². The highest BCUT2D eigenvalue weighted by atomic mass is 16.1. The van der Waals surface area contributed by atoms with Crippen LogP contribution >= 0.6 is 0 Å². The number of aromatic nitrogens is 2. The maximum atomic E-state index is 12.5. The Bertz CT molecular complexity index is 1100. The SMILES string of the molecule is N#CCCn1cc(/C=C(\C#N)C(=O)NCCc2ccccc2)c(-c2ccccc2)n1. The first-order valence-electron chi connectivity index (χ1n) is 9.65. The minimum absolute atomic E-state index is 0.0140. The molecule has 0 atom stereocenters. The largest absolute Gasteiger partial charge is 0.351 e. The zero-order chi connectivity index (χ0) is 21.2. The van der Waals surface area contributed by atoms with Gasteiger partial charge in [-0.2, -0.15) is 15.6 Å². The topological polar surface area (TPSA) is 94.5 Å². The normalized spacial score (nSPS) is 10.8. The lowest BCUT2D eigenvalue weighted by atomic mass is 10.1. The number of hydrogen-bond acceptors (Lipinski definition) is 4. The van der Waals surface area contributed by atoms with Crippen molar-refractivity contribution in [3.8, 4) is 23.4 Å². The lowest BCUT2D eigenvalue weighted by molar-refractivity contribution is -0.117.